The number of aromatic nitrogens is 1. The minimum atomic E-state index is -0.370. The predicted molar refractivity (Wildman–Crippen MR) is 139 cm³/mol. The smallest absolute Gasteiger partial charge is 0.253 e. The first kappa shape index (κ1) is 26.0. The molecule has 7 nitrogen and oxygen atoms in total. The molecule has 0 radical (unpaired) electrons. The number of carbonyl (C=O) groups is 2. The Morgan fingerprint density at radius 2 is 1.76 bits per heavy atom. The van der Waals surface area contributed by atoms with Crippen LogP contribution in [0, 0.1) is 26.2 Å². The summed E-state index contributed by atoms with van der Waals surface area (Å²) < 4.78 is 0.801. The second-order valence-corrected chi connectivity index (χ2v) is 11.1. The molecule has 0 unspecified atom stereocenters. The number of aryl methyl sites for hydroxylation is 2. The number of rotatable bonds is 5. The van der Waals surface area contributed by atoms with E-state index in [-0.39, 0.29) is 35.4 Å². The largest absolute Gasteiger partial charge is 0.382 e. The van der Waals surface area contributed by atoms with E-state index in [0.717, 1.165) is 52.9 Å². The number of pyridine rings is 1. The normalized spacial score (nSPS) is 14.7. The Kier molecular flexibility index (Phi) is 7.91. The molecule has 3 rings (SSSR count). The first-order valence-electron chi connectivity index (χ1n) is 11.7. The quantitative estimate of drug-likeness (QED) is 0.532. The zero-order chi connectivity index (χ0) is 25.2. The Hall–Kier alpha value is -2.61. The van der Waals surface area contributed by atoms with Crippen molar-refractivity contribution in [2.75, 3.05) is 18.4 Å². The van der Waals surface area contributed by atoms with Crippen LogP contribution in [0.25, 0.3) is 0 Å². The predicted octanol–water partition coefficient (Wildman–Crippen LogP) is 4.44. The van der Waals surface area contributed by atoms with Crippen molar-refractivity contribution in [3.05, 3.63) is 61.0 Å². The van der Waals surface area contributed by atoms with Gasteiger partial charge < -0.3 is 20.5 Å². The lowest BCUT2D eigenvalue weighted by Gasteiger charge is -2.36. The number of hydrogen-bond acceptors (Lipinski definition) is 4. The third-order valence-electron chi connectivity index (χ3n) is 6.32. The van der Waals surface area contributed by atoms with Gasteiger partial charge >= 0.3 is 0 Å². The maximum absolute atomic E-state index is 13.0. The van der Waals surface area contributed by atoms with Gasteiger partial charge in [0.15, 0.2) is 0 Å². The van der Waals surface area contributed by atoms with Gasteiger partial charge in [-0.3, -0.25) is 14.4 Å². The first-order valence-corrected chi connectivity index (χ1v) is 12.5. The summed E-state index contributed by atoms with van der Waals surface area (Å²) in [5, 5.41) is 6.47. The molecular formula is C26H35BrN4O3. The molecule has 2 heterocycles. The maximum Gasteiger partial charge on any atom is 0.253 e. The van der Waals surface area contributed by atoms with E-state index in [9.17, 15) is 14.4 Å². The van der Waals surface area contributed by atoms with Crippen LogP contribution in [-0.2, 0) is 11.3 Å². The van der Waals surface area contributed by atoms with Crippen LogP contribution in [-0.4, -0.2) is 40.8 Å². The van der Waals surface area contributed by atoms with Gasteiger partial charge in [-0.2, -0.15) is 0 Å². The van der Waals surface area contributed by atoms with Crippen LogP contribution >= 0.6 is 15.9 Å². The number of H-pyrrole nitrogens is 1. The molecule has 1 fully saturated rings. The van der Waals surface area contributed by atoms with Crippen LogP contribution in [0.2, 0.25) is 0 Å². The molecule has 184 valence electrons. The van der Waals surface area contributed by atoms with Gasteiger partial charge in [0.05, 0.1) is 0 Å². The van der Waals surface area contributed by atoms with E-state index in [1.165, 1.54) is 0 Å². The molecule has 2 amide bonds. The molecule has 3 N–H and O–H groups in total. The molecule has 1 saturated heterocycles. The van der Waals surface area contributed by atoms with Gasteiger partial charge in [0.1, 0.15) is 0 Å². The van der Waals surface area contributed by atoms with Gasteiger partial charge in [-0.15, -0.1) is 0 Å². The topological polar surface area (TPSA) is 94.3 Å². The van der Waals surface area contributed by atoms with Crippen LogP contribution in [0.3, 0.4) is 0 Å². The van der Waals surface area contributed by atoms with Gasteiger partial charge in [-0.05, 0) is 62.9 Å². The summed E-state index contributed by atoms with van der Waals surface area (Å²) in [5.41, 5.74) is 3.96. The summed E-state index contributed by atoms with van der Waals surface area (Å²) in [5.74, 6) is -0.0435. The lowest BCUT2D eigenvalue weighted by molar-refractivity contribution is -0.140. The highest BCUT2D eigenvalue weighted by atomic mass is 79.9. The van der Waals surface area contributed by atoms with E-state index < -0.39 is 0 Å². The fourth-order valence-electron chi connectivity index (χ4n) is 4.35. The van der Waals surface area contributed by atoms with Crippen molar-refractivity contribution >= 4 is 33.4 Å². The average molecular weight is 531 g/mol. The molecule has 34 heavy (non-hydrogen) atoms. The number of nitrogens with zero attached hydrogens (tertiary/aromatic N) is 1. The van der Waals surface area contributed by atoms with E-state index >= 15 is 0 Å². The Morgan fingerprint density at radius 3 is 2.35 bits per heavy atom. The fraction of sp³-hybridized carbons (Fsp3) is 0.500. The summed E-state index contributed by atoms with van der Waals surface area (Å²) in [6, 6.07) is 5.90. The summed E-state index contributed by atoms with van der Waals surface area (Å²) in [4.78, 5) is 42.6. The molecule has 0 spiro atoms. The Morgan fingerprint density at radius 1 is 1.12 bits per heavy atom. The maximum atomic E-state index is 13.0. The highest BCUT2D eigenvalue weighted by Crippen LogP contribution is 2.28. The molecule has 2 aromatic rings. The zero-order valence-electron chi connectivity index (χ0n) is 20.9. The standard InChI is InChI=1S/C26H35BrN4O3/c1-15-11-16(2)29-24(33)21(15)14-28-23(32)20-12-18(27)13-22(17(20)3)30-19-7-9-31(10-8-19)25(34)26(4,5)6/h11-13,19,30H,7-10,14H2,1-6H3,(H,28,32)(H,29,33). The van der Waals surface area contributed by atoms with Crippen molar-refractivity contribution in [1.82, 2.24) is 15.2 Å². The number of benzene rings is 1. The van der Waals surface area contributed by atoms with Crippen LogP contribution in [0.4, 0.5) is 5.69 Å². The van der Waals surface area contributed by atoms with Gasteiger partial charge in [0, 0.05) is 58.1 Å². The number of nitrogens with one attached hydrogen (secondary N) is 3. The van der Waals surface area contributed by atoms with E-state index in [1.54, 1.807) is 6.07 Å². The molecule has 1 aromatic heterocycles. The lowest BCUT2D eigenvalue weighted by Crippen LogP contribution is -2.46. The second kappa shape index (κ2) is 10.3. The van der Waals surface area contributed by atoms with Crippen molar-refractivity contribution in [3.8, 4) is 0 Å². The highest BCUT2D eigenvalue weighted by molar-refractivity contribution is 9.10. The lowest BCUT2D eigenvalue weighted by atomic mass is 9.93. The van der Waals surface area contributed by atoms with Crippen molar-refractivity contribution in [3.63, 3.8) is 0 Å². The fourth-order valence-corrected chi connectivity index (χ4v) is 4.81. The van der Waals surface area contributed by atoms with Gasteiger partial charge in [-0.1, -0.05) is 36.7 Å². The number of piperidine rings is 1. The highest BCUT2D eigenvalue weighted by Gasteiger charge is 2.30. The number of aromatic amines is 1. The Balaban J connectivity index is 1.69. The summed E-state index contributed by atoms with van der Waals surface area (Å²) >= 11 is 3.53. The van der Waals surface area contributed by atoms with Crippen LogP contribution in [0.5, 0.6) is 0 Å². The summed E-state index contributed by atoms with van der Waals surface area (Å²) in [6.45, 7) is 13.1. The van der Waals surface area contributed by atoms with E-state index in [2.05, 4.69) is 31.5 Å². The SMILES string of the molecule is Cc1cc(C)c(CNC(=O)c2cc(Br)cc(NC3CCN(C(=O)C(C)(C)C)CC3)c2C)c(=O)[nH]1. The van der Waals surface area contributed by atoms with Crippen molar-refractivity contribution in [2.24, 2.45) is 5.41 Å². The molecule has 0 atom stereocenters. The number of likely N-dealkylation sites (tertiary alicyclic amines) is 1. The third kappa shape index (κ3) is 6.09. The number of anilines is 1. The molecule has 1 aliphatic rings. The Labute approximate surface area is 209 Å². The van der Waals surface area contributed by atoms with E-state index in [1.807, 2.05) is 58.6 Å². The minimum Gasteiger partial charge on any atom is -0.382 e. The minimum absolute atomic E-state index is 0.162. The number of halogens is 1. The first-order chi connectivity index (χ1) is 15.9. The van der Waals surface area contributed by atoms with Crippen LogP contribution in [0.1, 0.15) is 66.4 Å². The summed E-state index contributed by atoms with van der Waals surface area (Å²) in [7, 11) is 0. The van der Waals surface area contributed by atoms with Gasteiger partial charge in [-0.25, -0.2) is 0 Å². The molecule has 0 bridgehead atoms. The number of carbonyl (C=O) groups excluding carboxylic acids is 2. The Bertz CT molecular complexity index is 1140. The van der Waals surface area contributed by atoms with Gasteiger partial charge in [0.2, 0.25) is 5.91 Å². The molecule has 0 aliphatic carbocycles. The molecule has 1 aliphatic heterocycles. The van der Waals surface area contributed by atoms with E-state index in [4.69, 9.17) is 0 Å². The molecule has 8 heteroatoms. The molecule has 0 saturated carbocycles. The number of hydrogen-bond donors (Lipinski definition) is 3. The zero-order valence-corrected chi connectivity index (χ0v) is 22.5. The molecule has 1 aromatic carbocycles. The van der Waals surface area contributed by atoms with Crippen molar-refractivity contribution in [2.45, 2.75) is 67.0 Å². The van der Waals surface area contributed by atoms with Crippen LogP contribution < -0.4 is 16.2 Å². The average Bonchev–Trinajstić information content (AvgIpc) is 2.74. The summed E-state index contributed by atoms with van der Waals surface area (Å²) in [6.07, 6.45) is 1.70. The second-order valence-electron chi connectivity index (χ2n) is 10.2. The van der Waals surface area contributed by atoms with Crippen molar-refractivity contribution < 1.29 is 9.59 Å². The number of amides is 2. The van der Waals surface area contributed by atoms with E-state index in [0.29, 0.717) is 11.1 Å². The third-order valence-corrected chi connectivity index (χ3v) is 6.78. The van der Waals surface area contributed by atoms with Crippen molar-refractivity contribution in [1.29, 1.82) is 0 Å². The van der Waals surface area contributed by atoms with Crippen LogP contribution in [0.15, 0.2) is 27.5 Å². The monoisotopic (exact) mass is 530 g/mol. The van der Waals surface area contributed by atoms with Gasteiger partial charge in [0.25, 0.3) is 11.5 Å². The molecular weight excluding hydrogens is 496 g/mol.